The van der Waals surface area contributed by atoms with E-state index >= 15 is 0 Å². The maximum absolute atomic E-state index is 13.9. The van der Waals surface area contributed by atoms with E-state index < -0.39 is 0 Å². The van der Waals surface area contributed by atoms with Crippen molar-refractivity contribution in [1.82, 2.24) is 15.0 Å². The van der Waals surface area contributed by atoms with Gasteiger partial charge in [0.05, 0.1) is 5.54 Å². The number of carbonyl (C=O) groups is 1. The minimum atomic E-state index is -0.308. The maximum atomic E-state index is 13.9. The van der Waals surface area contributed by atoms with Crippen molar-refractivity contribution in [3.63, 3.8) is 0 Å². The lowest BCUT2D eigenvalue weighted by Crippen LogP contribution is -2.56. The molecule has 0 radical (unpaired) electrons. The number of benzene rings is 2. The van der Waals surface area contributed by atoms with Crippen LogP contribution < -0.4 is 9.64 Å². The predicted molar refractivity (Wildman–Crippen MR) is 132 cm³/mol. The van der Waals surface area contributed by atoms with Gasteiger partial charge in [0.25, 0.3) is 5.89 Å². The molecule has 3 aromatic rings. The molecule has 0 bridgehead atoms. The highest BCUT2D eigenvalue weighted by Gasteiger charge is 2.49. The van der Waals surface area contributed by atoms with Gasteiger partial charge in [-0.05, 0) is 74.9 Å². The molecule has 36 heavy (non-hydrogen) atoms. The number of rotatable bonds is 7. The molecule has 2 aliphatic heterocycles. The zero-order valence-corrected chi connectivity index (χ0v) is 20.5. The largest absolute Gasteiger partial charge is 0.484 e. The Balaban J connectivity index is 1.10. The van der Waals surface area contributed by atoms with Crippen molar-refractivity contribution in [2.24, 2.45) is 0 Å². The first-order valence-corrected chi connectivity index (χ1v) is 12.9. The lowest BCUT2D eigenvalue weighted by molar-refractivity contribution is -0.117. The Hall–Kier alpha value is -3.26. The SMILES string of the molecule is C[C@@H]1C[C@]2(CCC(=O)N2c2cccc(F)c2)CCN1Cc1cccc(OCc2nc(C3CC3)no2)c1. The number of likely N-dealkylation sites (tertiary alicyclic amines) is 1. The molecular weight excluding hydrogens is 459 g/mol. The molecule has 188 valence electrons. The van der Waals surface area contributed by atoms with E-state index in [0.717, 1.165) is 56.8 Å². The van der Waals surface area contributed by atoms with E-state index in [4.69, 9.17) is 9.26 Å². The summed E-state index contributed by atoms with van der Waals surface area (Å²) in [5, 5.41) is 4.04. The first-order chi connectivity index (χ1) is 17.5. The van der Waals surface area contributed by atoms with Gasteiger partial charge in [0.1, 0.15) is 11.6 Å². The number of carbonyl (C=O) groups excluding carboxylic acids is 1. The Kier molecular flexibility index (Phi) is 5.99. The van der Waals surface area contributed by atoms with Crippen LogP contribution >= 0.6 is 0 Å². The average molecular weight is 491 g/mol. The van der Waals surface area contributed by atoms with Crippen molar-refractivity contribution in [2.45, 2.75) is 76.1 Å². The van der Waals surface area contributed by atoms with Crippen molar-refractivity contribution in [1.29, 1.82) is 0 Å². The molecule has 3 fully saturated rings. The van der Waals surface area contributed by atoms with Crippen molar-refractivity contribution < 1.29 is 18.4 Å². The molecule has 7 nitrogen and oxygen atoms in total. The van der Waals surface area contributed by atoms with Crippen LogP contribution in [0.25, 0.3) is 0 Å². The highest BCUT2D eigenvalue weighted by atomic mass is 19.1. The molecule has 1 saturated carbocycles. The number of amides is 1. The number of hydrogen-bond donors (Lipinski definition) is 0. The summed E-state index contributed by atoms with van der Waals surface area (Å²) in [6.07, 6.45) is 5.35. The molecule has 0 N–H and O–H groups in total. The molecule has 8 heteroatoms. The van der Waals surface area contributed by atoms with Gasteiger partial charge in [0.2, 0.25) is 5.91 Å². The Morgan fingerprint density at radius 2 is 2.03 bits per heavy atom. The van der Waals surface area contributed by atoms with Crippen LogP contribution in [0.2, 0.25) is 0 Å². The van der Waals surface area contributed by atoms with Crippen LogP contribution in [0.1, 0.15) is 68.6 Å². The van der Waals surface area contributed by atoms with Crippen LogP contribution in [0.4, 0.5) is 10.1 Å². The molecule has 2 atom stereocenters. The van der Waals surface area contributed by atoms with Gasteiger partial charge < -0.3 is 14.2 Å². The highest BCUT2D eigenvalue weighted by molar-refractivity contribution is 5.97. The van der Waals surface area contributed by atoms with E-state index in [-0.39, 0.29) is 29.9 Å². The fourth-order valence-electron chi connectivity index (χ4n) is 5.83. The van der Waals surface area contributed by atoms with Gasteiger partial charge in [-0.2, -0.15) is 4.98 Å². The van der Waals surface area contributed by atoms with Crippen molar-refractivity contribution in [2.75, 3.05) is 11.4 Å². The highest BCUT2D eigenvalue weighted by Crippen LogP contribution is 2.44. The number of ether oxygens (including phenoxy) is 1. The number of halogens is 1. The smallest absolute Gasteiger partial charge is 0.264 e. The molecule has 0 unspecified atom stereocenters. The molecule has 1 spiro atoms. The fourth-order valence-corrected chi connectivity index (χ4v) is 5.83. The van der Waals surface area contributed by atoms with E-state index in [2.05, 4.69) is 34.1 Å². The molecular formula is C28H31FN4O3. The average Bonchev–Trinajstić information content (AvgIpc) is 3.53. The van der Waals surface area contributed by atoms with Crippen LogP contribution in [0.3, 0.4) is 0 Å². The second kappa shape index (κ2) is 9.32. The third kappa shape index (κ3) is 4.62. The van der Waals surface area contributed by atoms with E-state index in [0.29, 0.717) is 23.9 Å². The van der Waals surface area contributed by atoms with Crippen LogP contribution in [0, 0.1) is 5.82 Å². The minimum Gasteiger partial charge on any atom is -0.484 e. The lowest BCUT2D eigenvalue weighted by Gasteiger charge is -2.48. The minimum absolute atomic E-state index is 0.0941. The number of piperidine rings is 1. The summed E-state index contributed by atoms with van der Waals surface area (Å²) in [4.78, 5) is 21.6. The van der Waals surface area contributed by atoms with Gasteiger partial charge >= 0.3 is 0 Å². The number of aromatic nitrogens is 2. The maximum Gasteiger partial charge on any atom is 0.264 e. The number of anilines is 1. The normalized spacial score (nSPS) is 24.6. The van der Waals surface area contributed by atoms with Crippen LogP contribution in [-0.2, 0) is 17.9 Å². The summed E-state index contributed by atoms with van der Waals surface area (Å²) in [7, 11) is 0. The van der Waals surface area contributed by atoms with Crippen molar-refractivity contribution in [3.05, 3.63) is 71.6 Å². The van der Waals surface area contributed by atoms with Crippen LogP contribution in [0.5, 0.6) is 5.75 Å². The third-order valence-electron chi connectivity index (χ3n) is 7.83. The molecule has 6 rings (SSSR count). The molecule has 3 heterocycles. The molecule has 1 amide bonds. The van der Waals surface area contributed by atoms with Crippen molar-refractivity contribution >= 4 is 11.6 Å². The Morgan fingerprint density at radius 3 is 2.83 bits per heavy atom. The van der Waals surface area contributed by atoms with E-state index in [9.17, 15) is 9.18 Å². The Labute approximate surface area is 210 Å². The van der Waals surface area contributed by atoms with Crippen molar-refractivity contribution in [3.8, 4) is 5.75 Å². The number of nitrogens with zero attached hydrogens (tertiary/aromatic N) is 4. The summed E-state index contributed by atoms with van der Waals surface area (Å²) in [5.74, 6) is 2.32. The van der Waals surface area contributed by atoms with Gasteiger partial charge in [-0.3, -0.25) is 9.69 Å². The summed E-state index contributed by atoms with van der Waals surface area (Å²) in [6.45, 7) is 4.16. The quantitative estimate of drug-likeness (QED) is 0.453. The Morgan fingerprint density at radius 1 is 1.17 bits per heavy atom. The Bertz CT molecular complexity index is 1260. The summed E-state index contributed by atoms with van der Waals surface area (Å²) in [5.41, 5.74) is 1.60. The predicted octanol–water partition coefficient (Wildman–Crippen LogP) is 5.22. The summed E-state index contributed by atoms with van der Waals surface area (Å²) >= 11 is 0. The first kappa shape index (κ1) is 23.2. The van der Waals surface area contributed by atoms with Gasteiger partial charge in [-0.15, -0.1) is 0 Å². The monoisotopic (exact) mass is 490 g/mol. The zero-order chi connectivity index (χ0) is 24.7. The van der Waals surface area contributed by atoms with Crippen LogP contribution in [-0.4, -0.2) is 39.1 Å². The number of hydrogen-bond acceptors (Lipinski definition) is 6. The third-order valence-corrected chi connectivity index (χ3v) is 7.83. The molecule has 3 aliphatic rings. The second-order valence-corrected chi connectivity index (χ2v) is 10.5. The van der Waals surface area contributed by atoms with Gasteiger partial charge in [-0.25, -0.2) is 4.39 Å². The molecule has 2 saturated heterocycles. The summed E-state index contributed by atoms with van der Waals surface area (Å²) in [6, 6.07) is 14.8. The lowest BCUT2D eigenvalue weighted by atomic mass is 9.81. The topological polar surface area (TPSA) is 71.7 Å². The van der Waals surface area contributed by atoms with E-state index in [1.165, 1.54) is 17.7 Å². The zero-order valence-electron chi connectivity index (χ0n) is 20.5. The summed E-state index contributed by atoms with van der Waals surface area (Å²) < 4.78 is 25.2. The van der Waals surface area contributed by atoms with Gasteiger partial charge in [-0.1, -0.05) is 23.4 Å². The van der Waals surface area contributed by atoms with E-state index in [1.54, 1.807) is 6.07 Å². The van der Waals surface area contributed by atoms with Gasteiger partial charge in [0.15, 0.2) is 12.4 Å². The van der Waals surface area contributed by atoms with Gasteiger partial charge in [0, 0.05) is 37.2 Å². The van der Waals surface area contributed by atoms with E-state index in [1.807, 2.05) is 23.1 Å². The molecule has 2 aromatic carbocycles. The molecule has 1 aromatic heterocycles. The second-order valence-electron chi connectivity index (χ2n) is 10.5. The van der Waals surface area contributed by atoms with Crippen LogP contribution in [0.15, 0.2) is 53.1 Å². The first-order valence-electron chi connectivity index (χ1n) is 12.9. The molecule has 1 aliphatic carbocycles. The standard InChI is InChI=1S/C28H31FN4O3/c1-19-16-28(11-10-26(34)33(28)23-6-3-5-22(29)15-23)12-13-32(19)17-20-4-2-7-24(14-20)35-18-25-30-27(31-36-25)21-8-9-21/h2-7,14-15,19,21H,8-13,16-18H2,1H3/t19-,28+/m1/s1. The fraction of sp³-hybridized carbons (Fsp3) is 0.464.